The Morgan fingerprint density at radius 1 is 0.929 bits per heavy atom. The van der Waals surface area contributed by atoms with Crippen molar-refractivity contribution >= 4 is 23.7 Å². The van der Waals surface area contributed by atoms with E-state index in [1.54, 1.807) is 24.3 Å². The molecular formula is C21H25N3O4. The van der Waals surface area contributed by atoms with E-state index in [0.29, 0.717) is 24.7 Å². The number of amides is 2. The van der Waals surface area contributed by atoms with E-state index in [9.17, 15) is 9.59 Å². The van der Waals surface area contributed by atoms with Crippen molar-refractivity contribution in [2.45, 2.75) is 26.7 Å². The average molecular weight is 383 g/mol. The summed E-state index contributed by atoms with van der Waals surface area (Å²) in [5.41, 5.74) is 3.83. The summed E-state index contributed by atoms with van der Waals surface area (Å²) >= 11 is 0. The summed E-state index contributed by atoms with van der Waals surface area (Å²) in [6, 6.07) is 14.5. The number of anilines is 1. The fourth-order valence-electron chi connectivity index (χ4n) is 2.36. The number of hydrazone groups is 1. The van der Waals surface area contributed by atoms with Gasteiger partial charge >= 0.3 is 0 Å². The topological polar surface area (TPSA) is 89.0 Å². The molecule has 7 nitrogen and oxygen atoms in total. The molecule has 0 spiro atoms. The van der Waals surface area contributed by atoms with Crippen LogP contribution in [0.5, 0.6) is 11.5 Å². The standard InChI is InChI=1S/C21H25N3O4/c1-3-27-18-11-9-17(10-12-18)23-20(25)13-14-21(26)24-22-15-16-7-5-6-8-19(16)28-4-2/h5-12,15H,3-4,13-14H2,1-2H3,(H,23,25)(H,24,26)/b22-15+. The van der Waals surface area contributed by atoms with Gasteiger partial charge in [-0.25, -0.2) is 5.43 Å². The number of carbonyl (C=O) groups is 2. The summed E-state index contributed by atoms with van der Waals surface area (Å²) in [5, 5.41) is 6.66. The van der Waals surface area contributed by atoms with Crippen LogP contribution in [0.4, 0.5) is 5.69 Å². The van der Waals surface area contributed by atoms with Crippen LogP contribution in [0.2, 0.25) is 0 Å². The summed E-state index contributed by atoms with van der Waals surface area (Å²) in [6.07, 6.45) is 1.61. The largest absolute Gasteiger partial charge is 0.494 e. The summed E-state index contributed by atoms with van der Waals surface area (Å²) < 4.78 is 10.8. The number of rotatable bonds is 10. The van der Waals surface area contributed by atoms with E-state index in [1.807, 2.05) is 38.1 Å². The van der Waals surface area contributed by atoms with Crippen LogP contribution in [0.1, 0.15) is 32.3 Å². The van der Waals surface area contributed by atoms with Gasteiger partial charge in [0, 0.05) is 24.1 Å². The first-order chi connectivity index (χ1) is 13.6. The maximum Gasteiger partial charge on any atom is 0.240 e. The van der Waals surface area contributed by atoms with Crippen LogP contribution >= 0.6 is 0 Å². The molecule has 0 saturated heterocycles. The molecule has 0 unspecified atom stereocenters. The zero-order valence-electron chi connectivity index (χ0n) is 16.1. The average Bonchev–Trinajstić information content (AvgIpc) is 2.70. The first kappa shape index (κ1) is 21.0. The summed E-state index contributed by atoms with van der Waals surface area (Å²) in [7, 11) is 0. The summed E-state index contributed by atoms with van der Waals surface area (Å²) in [6.45, 7) is 4.93. The number of hydrogen-bond acceptors (Lipinski definition) is 5. The van der Waals surface area contributed by atoms with Gasteiger partial charge in [-0.15, -0.1) is 0 Å². The molecule has 2 aromatic carbocycles. The Morgan fingerprint density at radius 3 is 2.32 bits per heavy atom. The molecule has 0 fully saturated rings. The van der Waals surface area contributed by atoms with Gasteiger partial charge in [-0.2, -0.15) is 5.10 Å². The van der Waals surface area contributed by atoms with Crippen molar-refractivity contribution in [3.8, 4) is 11.5 Å². The Hall–Kier alpha value is -3.35. The first-order valence-electron chi connectivity index (χ1n) is 9.18. The van der Waals surface area contributed by atoms with Crippen molar-refractivity contribution in [2.75, 3.05) is 18.5 Å². The van der Waals surface area contributed by atoms with E-state index in [-0.39, 0.29) is 24.7 Å². The normalized spacial score (nSPS) is 10.5. The minimum Gasteiger partial charge on any atom is -0.494 e. The fraction of sp³-hybridized carbons (Fsp3) is 0.286. The van der Waals surface area contributed by atoms with E-state index < -0.39 is 0 Å². The number of para-hydroxylation sites is 1. The van der Waals surface area contributed by atoms with Gasteiger partial charge in [-0.05, 0) is 50.2 Å². The lowest BCUT2D eigenvalue weighted by Gasteiger charge is -2.07. The third-order valence-corrected chi connectivity index (χ3v) is 3.64. The van der Waals surface area contributed by atoms with Crippen LogP contribution in [0.15, 0.2) is 53.6 Å². The molecule has 0 aromatic heterocycles. The van der Waals surface area contributed by atoms with E-state index in [0.717, 1.165) is 11.3 Å². The van der Waals surface area contributed by atoms with Crippen molar-refractivity contribution in [1.29, 1.82) is 0 Å². The van der Waals surface area contributed by atoms with Gasteiger partial charge in [0.25, 0.3) is 0 Å². The van der Waals surface area contributed by atoms with E-state index >= 15 is 0 Å². The lowest BCUT2D eigenvalue weighted by atomic mass is 10.2. The number of nitrogens with one attached hydrogen (secondary N) is 2. The molecule has 0 aliphatic carbocycles. The molecule has 0 saturated carbocycles. The molecule has 0 atom stereocenters. The highest BCUT2D eigenvalue weighted by Gasteiger charge is 2.07. The van der Waals surface area contributed by atoms with Crippen LogP contribution in [0.3, 0.4) is 0 Å². The van der Waals surface area contributed by atoms with Gasteiger partial charge in [0.1, 0.15) is 11.5 Å². The Labute approximate surface area is 164 Å². The highest BCUT2D eigenvalue weighted by atomic mass is 16.5. The molecule has 2 N–H and O–H groups in total. The highest BCUT2D eigenvalue weighted by Crippen LogP contribution is 2.16. The lowest BCUT2D eigenvalue weighted by molar-refractivity contribution is -0.124. The Bertz CT molecular complexity index is 804. The quantitative estimate of drug-likeness (QED) is 0.486. The van der Waals surface area contributed by atoms with E-state index in [4.69, 9.17) is 9.47 Å². The van der Waals surface area contributed by atoms with Gasteiger partial charge in [0.15, 0.2) is 0 Å². The van der Waals surface area contributed by atoms with Gasteiger partial charge < -0.3 is 14.8 Å². The molecule has 28 heavy (non-hydrogen) atoms. The van der Waals surface area contributed by atoms with E-state index in [1.165, 1.54) is 6.21 Å². The summed E-state index contributed by atoms with van der Waals surface area (Å²) in [4.78, 5) is 23.8. The fourth-order valence-corrected chi connectivity index (χ4v) is 2.36. The van der Waals surface area contributed by atoms with Crippen molar-refractivity contribution < 1.29 is 19.1 Å². The number of carbonyl (C=O) groups excluding carboxylic acids is 2. The lowest BCUT2D eigenvalue weighted by Crippen LogP contribution is -2.20. The van der Waals surface area contributed by atoms with Crippen LogP contribution < -0.4 is 20.2 Å². The molecule has 0 heterocycles. The van der Waals surface area contributed by atoms with Crippen molar-refractivity contribution in [3.05, 3.63) is 54.1 Å². The molecule has 2 rings (SSSR count). The van der Waals surface area contributed by atoms with Gasteiger partial charge in [0.05, 0.1) is 19.4 Å². The van der Waals surface area contributed by atoms with Crippen molar-refractivity contribution in [1.82, 2.24) is 5.43 Å². The van der Waals surface area contributed by atoms with Gasteiger partial charge in [-0.3, -0.25) is 9.59 Å². The van der Waals surface area contributed by atoms with Crippen LogP contribution in [0, 0.1) is 0 Å². The maximum absolute atomic E-state index is 12.0. The molecule has 0 aliphatic rings. The molecule has 0 radical (unpaired) electrons. The molecule has 7 heteroatoms. The predicted molar refractivity (Wildman–Crippen MR) is 109 cm³/mol. The molecule has 2 aromatic rings. The molecular weight excluding hydrogens is 358 g/mol. The Kier molecular flexibility index (Phi) is 8.52. The summed E-state index contributed by atoms with van der Waals surface area (Å²) in [5.74, 6) is 0.846. The van der Waals surface area contributed by atoms with Crippen LogP contribution in [0.25, 0.3) is 0 Å². The second-order valence-corrected chi connectivity index (χ2v) is 5.77. The van der Waals surface area contributed by atoms with Crippen molar-refractivity contribution in [2.24, 2.45) is 5.10 Å². The highest BCUT2D eigenvalue weighted by molar-refractivity contribution is 5.93. The zero-order valence-corrected chi connectivity index (χ0v) is 16.1. The first-order valence-corrected chi connectivity index (χ1v) is 9.18. The Morgan fingerprint density at radius 2 is 1.61 bits per heavy atom. The minimum atomic E-state index is -0.341. The third kappa shape index (κ3) is 7.11. The molecule has 2 amide bonds. The number of ether oxygens (including phenoxy) is 2. The minimum absolute atomic E-state index is 0.0350. The van der Waals surface area contributed by atoms with E-state index in [2.05, 4.69) is 15.8 Å². The molecule has 0 aliphatic heterocycles. The second-order valence-electron chi connectivity index (χ2n) is 5.77. The molecule has 148 valence electrons. The zero-order chi connectivity index (χ0) is 20.2. The third-order valence-electron chi connectivity index (χ3n) is 3.64. The maximum atomic E-state index is 12.0. The predicted octanol–water partition coefficient (Wildman–Crippen LogP) is 3.35. The smallest absolute Gasteiger partial charge is 0.240 e. The van der Waals surface area contributed by atoms with Gasteiger partial charge in [-0.1, -0.05) is 12.1 Å². The van der Waals surface area contributed by atoms with Crippen LogP contribution in [-0.4, -0.2) is 31.2 Å². The molecule has 0 bridgehead atoms. The van der Waals surface area contributed by atoms with Crippen molar-refractivity contribution in [3.63, 3.8) is 0 Å². The number of nitrogens with zero attached hydrogens (tertiary/aromatic N) is 1. The van der Waals surface area contributed by atoms with Crippen LogP contribution in [-0.2, 0) is 9.59 Å². The number of benzene rings is 2. The second kappa shape index (κ2) is 11.4. The monoisotopic (exact) mass is 383 g/mol. The SMILES string of the molecule is CCOc1ccc(NC(=O)CCC(=O)N/N=C/c2ccccc2OCC)cc1. The number of hydrogen-bond donors (Lipinski definition) is 2. The van der Waals surface area contributed by atoms with Gasteiger partial charge in [0.2, 0.25) is 11.8 Å². The Balaban J connectivity index is 1.75.